The molecule has 6 heteroatoms. The van der Waals surface area contributed by atoms with Crippen molar-refractivity contribution in [1.29, 1.82) is 0 Å². The minimum absolute atomic E-state index is 0.0553. The van der Waals surface area contributed by atoms with Crippen LogP contribution in [0.4, 0.5) is 0 Å². The lowest BCUT2D eigenvalue weighted by Gasteiger charge is -2.31. The van der Waals surface area contributed by atoms with Gasteiger partial charge in [0.2, 0.25) is 5.91 Å². The number of amides is 1. The molecule has 1 unspecified atom stereocenters. The molecule has 1 rings (SSSR count). The van der Waals surface area contributed by atoms with Crippen molar-refractivity contribution in [2.75, 3.05) is 32.8 Å². The zero-order valence-corrected chi connectivity index (χ0v) is 8.82. The molecule has 1 aliphatic rings. The highest BCUT2D eigenvalue weighted by Gasteiger charge is 2.19. The summed E-state index contributed by atoms with van der Waals surface area (Å²) in [6.45, 7) is 3.14. The Morgan fingerprint density at radius 2 is 2.47 bits per heavy atom. The van der Waals surface area contributed by atoms with Gasteiger partial charge in [0.1, 0.15) is 0 Å². The van der Waals surface area contributed by atoms with Gasteiger partial charge in [0.15, 0.2) is 0 Å². The second-order valence-electron chi connectivity index (χ2n) is 3.65. The minimum atomic E-state index is -0.137. The summed E-state index contributed by atoms with van der Waals surface area (Å²) in [6, 6.07) is 0. The highest BCUT2D eigenvalue weighted by atomic mass is 16.5. The molecule has 0 radical (unpaired) electrons. The van der Waals surface area contributed by atoms with Crippen molar-refractivity contribution in [2.45, 2.75) is 18.9 Å². The van der Waals surface area contributed by atoms with Crippen LogP contribution in [0.3, 0.4) is 0 Å². The number of nitrogens with two attached hydrogens (primary N) is 1. The smallest absolute Gasteiger partial charge is 0.233 e. The Labute approximate surface area is 89.3 Å². The maximum absolute atomic E-state index is 10.9. The predicted molar refractivity (Wildman–Crippen MR) is 54.8 cm³/mol. The van der Waals surface area contributed by atoms with Crippen molar-refractivity contribution in [1.82, 2.24) is 10.3 Å². The van der Waals surface area contributed by atoms with Crippen LogP contribution >= 0.6 is 0 Å². The van der Waals surface area contributed by atoms with Crippen LogP contribution in [0.1, 0.15) is 12.8 Å². The summed E-state index contributed by atoms with van der Waals surface area (Å²) in [5, 5.41) is 8.93. The number of nitrogens with zero attached hydrogens (tertiary/aromatic N) is 1. The summed E-state index contributed by atoms with van der Waals surface area (Å²) in [5.41, 5.74) is 2.10. The zero-order valence-electron chi connectivity index (χ0n) is 8.82. The molecule has 0 aromatic rings. The molecule has 0 aliphatic carbocycles. The molecular weight excluding hydrogens is 198 g/mol. The molecule has 1 aliphatic heterocycles. The molecule has 15 heavy (non-hydrogen) atoms. The third kappa shape index (κ3) is 4.57. The Morgan fingerprint density at radius 1 is 1.67 bits per heavy atom. The number of aliphatic hydroxyl groups is 1. The van der Waals surface area contributed by atoms with E-state index in [1.165, 1.54) is 0 Å². The number of hydrazine groups is 1. The lowest BCUT2D eigenvalue weighted by atomic mass is 10.2. The summed E-state index contributed by atoms with van der Waals surface area (Å²) in [6.07, 6.45) is 1.14. The van der Waals surface area contributed by atoms with E-state index in [1.807, 2.05) is 0 Å². The van der Waals surface area contributed by atoms with Crippen LogP contribution < -0.4 is 11.3 Å². The van der Waals surface area contributed by atoms with E-state index in [1.54, 1.807) is 0 Å². The van der Waals surface area contributed by atoms with E-state index in [9.17, 15) is 4.79 Å². The van der Waals surface area contributed by atoms with Crippen LogP contribution in [0.2, 0.25) is 0 Å². The number of hydrogen-bond donors (Lipinski definition) is 3. The predicted octanol–water partition coefficient (Wildman–Crippen LogP) is -1.55. The van der Waals surface area contributed by atoms with Crippen LogP contribution in [0.5, 0.6) is 0 Å². The number of carbonyl (C=O) groups excluding carboxylic acids is 1. The van der Waals surface area contributed by atoms with Gasteiger partial charge in [-0.25, -0.2) is 5.84 Å². The number of rotatable bonds is 5. The Bertz CT molecular complexity index is 201. The van der Waals surface area contributed by atoms with Crippen LogP contribution in [0, 0.1) is 0 Å². The second-order valence-corrected chi connectivity index (χ2v) is 3.65. The van der Waals surface area contributed by atoms with Crippen molar-refractivity contribution in [3.8, 4) is 0 Å². The highest BCUT2D eigenvalue weighted by Crippen LogP contribution is 2.05. The zero-order chi connectivity index (χ0) is 11.1. The average molecular weight is 217 g/mol. The van der Waals surface area contributed by atoms with Gasteiger partial charge in [-0.1, -0.05) is 0 Å². The third-order valence-electron chi connectivity index (χ3n) is 2.47. The van der Waals surface area contributed by atoms with Crippen molar-refractivity contribution in [3.05, 3.63) is 0 Å². The van der Waals surface area contributed by atoms with E-state index in [-0.39, 0.29) is 18.6 Å². The lowest BCUT2D eigenvalue weighted by Crippen LogP contribution is -2.44. The first-order valence-electron chi connectivity index (χ1n) is 5.20. The van der Waals surface area contributed by atoms with Gasteiger partial charge in [-0.3, -0.25) is 15.1 Å². The van der Waals surface area contributed by atoms with Crippen LogP contribution in [0.25, 0.3) is 0 Å². The van der Waals surface area contributed by atoms with Gasteiger partial charge < -0.3 is 9.84 Å². The Kier molecular flexibility index (Phi) is 5.56. The number of ether oxygens (including phenoxy) is 1. The van der Waals surface area contributed by atoms with E-state index in [0.29, 0.717) is 13.0 Å². The molecule has 1 fully saturated rings. The van der Waals surface area contributed by atoms with Crippen molar-refractivity contribution in [2.24, 2.45) is 5.84 Å². The summed E-state index contributed by atoms with van der Waals surface area (Å²) < 4.78 is 5.31. The molecule has 0 bridgehead atoms. The first-order valence-corrected chi connectivity index (χ1v) is 5.20. The van der Waals surface area contributed by atoms with Gasteiger partial charge >= 0.3 is 0 Å². The normalized spacial score (nSPS) is 22.7. The number of carbonyl (C=O) groups is 1. The minimum Gasteiger partial charge on any atom is -0.394 e. The molecule has 0 saturated carbocycles. The molecule has 0 spiro atoms. The number of hydrogen-bond acceptors (Lipinski definition) is 5. The summed E-state index contributed by atoms with van der Waals surface area (Å²) in [7, 11) is 0. The fraction of sp³-hybridized carbons (Fsp3) is 0.889. The first-order chi connectivity index (χ1) is 7.26. The van der Waals surface area contributed by atoms with Gasteiger partial charge in [0.05, 0.1) is 19.3 Å². The van der Waals surface area contributed by atoms with Gasteiger partial charge in [0, 0.05) is 19.5 Å². The second kappa shape index (κ2) is 6.73. The molecule has 0 aromatic heterocycles. The summed E-state index contributed by atoms with van der Waals surface area (Å²) >= 11 is 0. The Morgan fingerprint density at radius 3 is 3.13 bits per heavy atom. The van der Waals surface area contributed by atoms with E-state index in [4.69, 9.17) is 15.7 Å². The number of aliphatic hydroxyl groups excluding tert-OH is 1. The van der Waals surface area contributed by atoms with Crippen LogP contribution in [-0.2, 0) is 9.53 Å². The fourth-order valence-electron chi connectivity index (χ4n) is 1.63. The SMILES string of the molecule is NNC(=O)CCCN1CCOC(CO)C1. The lowest BCUT2D eigenvalue weighted by molar-refractivity contribution is -0.121. The van der Waals surface area contributed by atoms with Crippen LogP contribution in [-0.4, -0.2) is 54.9 Å². The molecule has 6 nitrogen and oxygen atoms in total. The molecule has 1 heterocycles. The molecule has 1 saturated heterocycles. The molecule has 1 amide bonds. The van der Waals surface area contributed by atoms with Gasteiger partial charge in [-0.2, -0.15) is 0 Å². The molecule has 4 N–H and O–H groups in total. The van der Waals surface area contributed by atoms with E-state index in [0.717, 1.165) is 26.1 Å². The van der Waals surface area contributed by atoms with Gasteiger partial charge in [-0.15, -0.1) is 0 Å². The Hall–Kier alpha value is -0.690. The van der Waals surface area contributed by atoms with E-state index < -0.39 is 0 Å². The van der Waals surface area contributed by atoms with Crippen LogP contribution in [0.15, 0.2) is 0 Å². The van der Waals surface area contributed by atoms with Crippen molar-refractivity contribution < 1.29 is 14.6 Å². The van der Waals surface area contributed by atoms with Gasteiger partial charge in [-0.05, 0) is 13.0 Å². The standard InChI is InChI=1S/C9H19N3O3/c10-11-9(14)2-1-3-12-4-5-15-8(6-12)7-13/h8,13H,1-7,10H2,(H,11,14). The molecule has 88 valence electrons. The monoisotopic (exact) mass is 217 g/mol. The van der Waals surface area contributed by atoms with Crippen molar-refractivity contribution >= 4 is 5.91 Å². The third-order valence-corrected chi connectivity index (χ3v) is 2.47. The number of morpholine rings is 1. The topological polar surface area (TPSA) is 87.8 Å². The van der Waals surface area contributed by atoms with Gasteiger partial charge in [0.25, 0.3) is 0 Å². The average Bonchev–Trinajstić information content (AvgIpc) is 2.29. The number of nitrogens with one attached hydrogen (secondary N) is 1. The Balaban J connectivity index is 2.12. The largest absolute Gasteiger partial charge is 0.394 e. The molecular formula is C9H19N3O3. The maximum Gasteiger partial charge on any atom is 0.233 e. The quantitative estimate of drug-likeness (QED) is 0.295. The highest BCUT2D eigenvalue weighted by molar-refractivity contribution is 5.75. The first kappa shape index (κ1) is 12.4. The maximum atomic E-state index is 10.9. The molecule has 1 atom stereocenters. The van der Waals surface area contributed by atoms with E-state index in [2.05, 4.69) is 10.3 Å². The molecule has 0 aromatic carbocycles. The van der Waals surface area contributed by atoms with Crippen molar-refractivity contribution in [3.63, 3.8) is 0 Å². The summed E-state index contributed by atoms with van der Waals surface area (Å²) in [5.74, 6) is 4.83. The van der Waals surface area contributed by atoms with E-state index >= 15 is 0 Å². The summed E-state index contributed by atoms with van der Waals surface area (Å²) in [4.78, 5) is 13.0. The fourth-order valence-corrected chi connectivity index (χ4v) is 1.63.